The molecule has 0 saturated carbocycles. The van der Waals surface area contributed by atoms with Crippen molar-refractivity contribution in [1.82, 2.24) is 5.32 Å². The minimum atomic E-state index is -0.659. The van der Waals surface area contributed by atoms with Crippen molar-refractivity contribution in [2.24, 2.45) is 0 Å². The van der Waals surface area contributed by atoms with E-state index in [4.69, 9.17) is 23.2 Å². The van der Waals surface area contributed by atoms with E-state index < -0.39 is 5.60 Å². The minimum absolute atomic E-state index is 0.555. The van der Waals surface area contributed by atoms with Crippen molar-refractivity contribution in [3.63, 3.8) is 0 Å². The number of benzene rings is 1. The summed E-state index contributed by atoms with van der Waals surface area (Å²) in [5, 5.41) is 14.5. The molecule has 2 N–H and O–H groups in total. The lowest BCUT2D eigenvalue weighted by atomic mass is 10.0. The molecule has 1 rings (SSSR count). The van der Waals surface area contributed by atoms with Gasteiger partial charge in [-0.15, -0.1) is 0 Å². The topological polar surface area (TPSA) is 32.3 Å². The SMILES string of the molecule is CCCC(C)(O)CNCc1ccc(Cl)cc1Cl. The summed E-state index contributed by atoms with van der Waals surface area (Å²) in [7, 11) is 0. The van der Waals surface area contributed by atoms with Crippen molar-refractivity contribution in [1.29, 1.82) is 0 Å². The van der Waals surface area contributed by atoms with Crippen LogP contribution in [0.15, 0.2) is 18.2 Å². The Bertz CT molecular complexity index is 366. The van der Waals surface area contributed by atoms with E-state index in [0.717, 1.165) is 18.4 Å². The molecule has 0 radical (unpaired) electrons. The van der Waals surface area contributed by atoms with Gasteiger partial charge in [-0.1, -0.05) is 42.6 Å². The first-order chi connectivity index (χ1) is 7.94. The molecule has 96 valence electrons. The molecule has 0 saturated heterocycles. The number of rotatable bonds is 6. The maximum Gasteiger partial charge on any atom is 0.0743 e. The fourth-order valence-corrected chi connectivity index (χ4v) is 2.23. The summed E-state index contributed by atoms with van der Waals surface area (Å²) < 4.78 is 0. The Labute approximate surface area is 113 Å². The fraction of sp³-hybridized carbons (Fsp3) is 0.538. The third kappa shape index (κ3) is 5.26. The van der Waals surface area contributed by atoms with Crippen LogP contribution in [0.1, 0.15) is 32.3 Å². The molecule has 17 heavy (non-hydrogen) atoms. The van der Waals surface area contributed by atoms with Crippen LogP contribution in [-0.4, -0.2) is 17.3 Å². The van der Waals surface area contributed by atoms with Crippen LogP contribution in [0.4, 0.5) is 0 Å². The van der Waals surface area contributed by atoms with E-state index in [1.165, 1.54) is 0 Å². The van der Waals surface area contributed by atoms with Gasteiger partial charge in [0.1, 0.15) is 0 Å². The average Bonchev–Trinajstić information content (AvgIpc) is 2.21. The van der Waals surface area contributed by atoms with E-state index in [-0.39, 0.29) is 0 Å². The summed E-state index contributed by atoms with van der Waals surface area (Å²) in [6.45, 7) is 5.09. The van der Waals surface area contributed by atoms with E-state index in [1.54, 1.807) is 6.07 Å². The van der Waals surface area contributed by atoms with Crippen molar-refractivity contribution in [3.05, 3.63) is 33.8 Å². The molecule has 4 heteroatoms. The van der Waals surface area contributed by atoms with Gasteiger partial charge in [0.15, 0.2) is 0 Å². The minimum Gasteiger partial charge on any atom is -0.389 e. The van der Waals surface area contributed by atoms with Crippen LogP contribution in [0.3, 0.4) is 0 Å². The quantitative estimate of drug-likeness (QED) is 0.831. The van der Waals surface area contributed by atoms with Crippen molar-refractivity contribution in [3.8, 4) is 0 Å². The molecule has 0 spiro atoms. The molecule has 1 unspecified atom stereocenters. The van der Waals surface area contributed by atoms with Gasteiger partial charge < -0.3 is 10.4 Å². The highest BCUT2D eigenvalue weighted by atomic mass is 35.5. The Morgan fingerprint density at radius 1 is 1.35 bits per heavy atom. The molecule has 2 nitrogen and oxygen atoms in total. The second kappa shape index (κ2) is 6.60. The number of hydrogen-bond acceptors (Lipinski definition) is 2. The molecular formula is C13H19Cl2NO. The van der Waals surface area contributed by atoms with Crippen molar-refractivity contribution in [2.75, 3.05) is 6.54 Å². The standard InChI is InChI=1S/C13H19Cl2NO/c1-3-6-13(2,17)9-16-8-10-4-5-11(14)7-12(10)15/h4-5,7,16-17H,3,6,8-9H2,1-2H3. The van der Waals surface area contributed by atoms with E-state index in [1.807, 2.05) is 19.1 Å². The molecule has 1 aromatic rings. The van der Waals surface area contributed by atoms with Gasteiger partial charge in [0.05, 0.1) is 5.60 Å². The van der Waals surface area contributed by atoms with Gasteiger partial charge in [0.2, 0.25) is 0 Å². The number of hydrogen-bond donors (Lipinski definition) is 2. The summed E-state index contributed by atoms with van der Waals surface area (Å²) in [6, 6.07) is 5.44. The van der Waals surface area contributed by atoms with Crippen molar-refractivity contribution < 1.29 is 5.11 Å². The summed E-state index contributed by atoms with van der Waals surface area (Å²) >= 11 is 11.9. The van der Waals surface area contributed by atoms with Gasteiger partial charge in [0.25, 0.3) is 0 Å². The van der Waals surface area contributed by atoms with E-state index in [9.17, 15) is 5.11 Å². The molecule has 0 aromatic heterocycles. The Kier molecular flexibility index (Phi) is 5.74. The highest BCUT2D eigenvalue weighted by molar-refractivity contribution is 6.35. The van der Waals surface area contributed by atoms with Crippen LogP contribution >= 0.6 is 23.2 Å². The zero-order valence-electron chi connectivity index (χ0n) is 10.3. The summed E-state index contributed by atoms with van der Waals surface area (Å²) in [5.41, 5.74) is 0.330. The highest BCUT2D eigenvalue weighted by Crippen LogP contribution is 2.21. The molecule has 0 aliphatic carbocycles. The van der Waals surface area contributed by atoms with Crippen molar-refractivity contribution >= 4 is 23.2 Å². The Hall–Kier alpha value is -0.280. The van der Waals surface area contributed by atoms with Crippen LogP contribution in [-0.2, 0) is 6.54 Å². The number of halogens is 2. The molecule has 0 heterocycles. The van der Waals surface area contributed by atoms with E-state index >= 15 is 0 Å². The van der Waals surface area contributed by atoms with Crippen LogP contribution < -0.4 is 5.32 Å². The Balaban J connectivity index is 2.46. The van der Waals surface area contributed by atoms with Gasteiger partial charge in [0, 0.05) is 23.1 Å². The van der Waals surface area contributed by atoms with Gasteiger partial charge >= 0.3 is 0 Å². The summed E-state index contributed by atoms with van der Waals surface area (Å²) in [5.74, 6) is 0. The van der Waals surface area contributed by atoms with Gasteiger partial charge in [-0.3, -0.25) is 0 Å². The summed E-state index contributed by atoms with van der Waals surface area (Å²) in [4.78, 5) is 0. The number of aliphatic hydroxyl groups is 1. The Morgan fingerprint density at radius 2 is 2.06 bits per heavy atom. The Morgan fingerprint density at radius 3 is 2.65 bits per heavy atom. The van der Waals surface area contributed by atoms with Gasteiger partial charge in [-0.05, 0) is 31.0 Å². The normalized spacial score (nSPS) is 14.6. The third-order valence-electron chi connectivity index (χ3n) is 2.62. The first kappa shape index (κ1) is 14.8. The van der Waals surface area contributed by atoms with Crippen molar-refractivity contribution in [2.45, 2.75) is 38.8 Å². The fourth-order valence-electron chi connectivity index (χ4n) is 1.76. The van der Waals surface area contributed by atoms with Crippen LogP contribution in [0, 0.1) is 0 Å². The molecule has 0 bridgehead atoms. The van der Waals surface area contributed by atoms with Gasteiger partial charge in [-0.2, -0.15) is 0 Å². The average molecular weight is 276 g/mol. The van der Waals surface area contributed by atoms with Crippen LogP contribution in [0.25, 0.3) is 0 Å². The molecule has 1 aromatic carbocycles. The number of nitrogens with one attached hydrogen (secondary N) is 1. The molecular weight excluding hydrogens is 257 g/mol. The van der Waals surface area contributed by atoms with Crippen LogP contribution in [0.2, 0.25) is 10.0 Å². The molecule has 0 aliphatic rings. The van der Waals surface area contributed by atoms with E-state index in [0.29, 0.717) is 23.1 Å². The zero-order chi connectivity index (χ0) is 12.9. The molecule has 0 fully saturated rings. The lowest BCUT2D eigenvalue weighted by Crippen LogP contribution is -2.37. The van der Waals surface area contributed by atoms with Gasteiger partial charge in [-0.25, -0.2) is 0 Å². The molecule has 1 atom stereocenters. The maximum absolute atomic E-state index is 9.99. The lowest BCUT2D eigenvalue weighted by Gasteiger charge is -2.23. The largest absolute Gasteiger partial charge is 0.389 e. The monoisotopic (exact) mass is 275 g/mol. The lowest BCUT2D eigenvalue weighted by molar-refractivity contribution is 0.0498. The second-order valence-electron chi connectivity index (χ2n) is 4.59. The zero-order valence-corrected chi connectivity index (χ0v) is 11.8. The predicted octanol–water partition coefficient (Wildman–Crippen LogP) is 3.63. The smallest absolute Gasteiger partial charge is 0.0743 e. The highest BCUT2D eigenvalue weighted by Gasteiger charge is 2.18. The van der Waals surface area contributed by atoms with E-state index in [2.05, 4.69) is 12.2 Å². The molecule has 0 amide bonds. The summed E-state index contributed by atoms with van der Waals surface area (Å²) in [6.07, 6.45) is 1.75. The maximum atomic E-state index is 9.99. The first-order valence-corrected chi connectivity index (χ1v) is 6.57. The molecule has 0 aliphatic heterocycles. The van der Waals surface area contributed by atoms with Crippen LogP contribution in [0.5, 0.6) is 0 Å². The predicted molar refractivity (Wildman–Crippen MR) is 73.7 cm³/mol. The third-order valence-corrected chi connectivity index (χ3v) is 3.21. The first-order valence-electron chi connectivity index (χ1n) is 5.81. The second-order valence-corrected chi connectivity index (χ2v) is 5.43.